The summed E-state index contributed by atoms with van der Waals surface area (Å²) in [5.74, 6) is 0.465. The van der Waals surface area contributed by atoms with Gasteiger partial charge >= 0.3 is 6.18 Å². The lowest BCUT2D eigenvalue weighted by molar-refractivity contribution is -0.174. The predicted octanol–water partition coefficient (Wildman–Crippen LogP) is 2.33. The molecule has 0 spiro atoms. The Morgan fingerprint density at radius 1 is 1.29 bits per heavy atom. The van der Waals surface area contributed by atoms with Gasteiger partial charge in [-0.1, -0.05) is 13.8 Å². The number of halogens is 3. The van der Waals surface area contributed by atoms with E-state index in [-0.39, 0.29) is 12.6 Å². The summed E-state index contributed by atoms with van der Waals surface area (Å²) >= 11 is 0. The summed E-state index contributed by atoms with van der Waals surface area (Å²) in [6, 6.07) is -0.0665. The molecule has 2 N–H and O–H groups in total. The first-order valence-corrected chi connectivity index (χ1v) is 4.71. The van der Waals surface area contributed by atoms with Gasteiger partial charge in [-0.2, -0.15) is 13.2 Å². The molecule has 0 aliphatic carbocycles. The van der Waals surface area contributed by atoms with E-state index >= 15 is 0 Å². The molecule has 86 valence electrons. The Bertz CT molecular complexity index is 147. The van der Waals surface area contributed by atoms with Gasteiger partial charge in [-0.15, -0.1) is 0 Å². The third-order valence-electron chi connectivity index (χ3n) is 1.67. The van der Waals surface area contributed by atoms with Crippen LogP contribution in [0.5, 0.6) is 0 Å². The molecule has 0 aromatic carbocycles. The molecule has 0 rings (SSSR count). The average molecular weight is 213 g/mol. The van der Waals surface area contributed by atoms with Crippen LogP contribution >= 0.6 is 0 Å². The van der Waals surface area contributed by atoms with Gasteiger partial charge in [0.25, 0.3) is 0 Å². The van der Waals surface area contributed by atoms with Gasteiger partial charge in [-0.05, 0) is 18.8 Å². The van der Waals surface area contributed by atoms with Crippen LogP contribution in [0.1, 0.15) is 26.7 Å². The molecule has 0 aromatic rings. The molecule has 0 aliphatic rings. The van der Waals surface area contributed by atoms with Crippen molar-refractivity contribution in [1.82, 2.24) is 0 Å². The second-order valence-corrected chi connectivity index (χ2v) is 3.85. The molecule has 0 saturated carbocycles. The molecule has 0 aliphatic heterocycles. The maximum absolute atomic E-state index is 11.6. The maximum atomic E-state index is 11.6. The summed E-state index contributed by atoms with van der Waals surface area (Å²) in [6.45, 7) is 2.95. The predicted molar refractivity (Wildman–Crippen MR) is 48.9 cm³/mol. The minimum absolute atomic E-state index is 0.0665. The molecule has 0 amide bonds. The average Bonchev–Trinajstić information content (AvgIpc) is 1.95. The molecule has 0 saturated heterocycles. The highest BCUT2D eigenvalue weighted by Crippen LogP contribution is 2.14. The summed E-state index contributed by atoms with van der Waals surface area (Å²) in [7, 11) is 0. The Hall–Kier alpha value is -0.290. The zero-order chi connectivity index (χ0) is 11.2. The van der Waals surface area contributed by atoms with Gasteiger partial charge in [0.1, 0.15) is 6.61 Å². The molecule has 0 fully saturated rings. The Balaban J connectivity index is 3.36. The summed E-state index contributed by atoms with van der Waals surface area (Å²) in [5.41, 5.74) is 5.66. The van der Waals surface area contributed by atoms with Gasteiger partial charge in [0, 0.05) is 12.6 Å². The van der Waals surface area contributed by atoms with Crippen molar-refractivity contribution in [2.75, 3.05) is 13.2 Å². The molecule has 0 bridgehead atoms. The van der Waals surface area contributed by atoms with E-state index in [1.165, 1.54) is 0 Å². The number of rotatable bonds is 6. The van der Waals surface area contributed by atoms with E-state index < -0.39 is 12.8 Å². The number of hydrogen-bond acceptors (Lipinski definition) is 2. The van der Waals surface area contributed by atoms with Crippen molar-refractivity contribution < 1.29 is 17.9 Å². The second kappa shape index (κ2) is 6.24. The van der Waals surface area contributed by atoms with Crippen molar-refractivity contribution in [1.29, 1.82) is 0 Å². The van der Waals surface area contributed by atoms with Gasteiger partial charge in [0.05, 0.1) is 0 Å². The van der Waals surface area contributed by atoms with Crippen LogP contribution < -0.4 is 5.73 Å². The molecule has 2 nitrogen and oxygen atoms in total. The molecular weight excluding hydrogens is 195 g/mol. The van der Waals surface area contributed by atoms with Crippen LogP contribution in [0.2, 0.25) is 0 Å². The Morgan fingerprint density at radius 2 is 1.86 bits per heavy atom. The van der Waals surface area contributed by atoms with E-state index in [2.05, 4.69) is 4.74 Å². The van der Waals surface area contributed by atoms with Crippen LogP contribution in [0.4, 0.5) is 13.2 Å². The van der Waals surface area contributed by atoms with Crippen molar-refractivity contribution in [3.8, 4) is 0 Å². The van der Waals surface area contributed by atoms with Crippen LogP contribution in [0.25, 0.3) is 0 Å². The fraction of sp³-hybridized carbons (Fsp3) is 1.00. The van der Waals surface area contributed by atoms with Crippen LogP contribution in [0.3, 0.4) is 0 Å². The highest BCUT2D eigenvalue weighted by Gasteiger charge is 2.27. The smallest absolute Gasteiger partial charge is 0.372 e. The highest BCUT2D eigenvalue weighted by atomic mass is 19.4. The molecule has 0 radical (unpaired) electrons. The van der Waals surface area contributed by atoms with Gasteiger partial charge < -0.3 is 10.5 Å². The van der Waals surface area contributed by atoms with Gasteiger partial charge in [0.2, 0.25) is 0 Å². The molecule has 5 heteroatoms. The maximum Gasteiger partial charge on any atom is 0.411 e. The van der Waals surface area contributed by atoms with E-state index in [0.717, 1.165) is 6.42 Å². The van der Waals surface area contributed by atoms with Crippen molar-refractivity contribution >= 4 is 0 Å². The molecule has 14 heavy (non-hydrogen) atoms. The summed E-state index contributed by atoms with van der Waals surface area (Å²) < 4.78 is 39.3. The molecule has 0 aromatic heterocycles. The highest BCUT2D eigenvalue weighted by molar-refractivity contribution is 4.63. The van der Waals surface area contributed by atoms with Gasteiger partial charge in [0.15, 0.2) is 0 Å². The van der Waals surface area contributed by atoms with Crippen LogP contribution in [0, 0.1) is 5.92 Å². The van der Waals surface area contributed by atoms with E-state index in [9.17, 15) is 13.2 Å². The van der Waals surface area contributed by atoms with Crippen LogP contribution in [-0.4, -0.2) is 25.4 Å². The standard InChI is InChI=1S/C9H18F3NO/c1-7(2)5-8(13)3-4-14-6-9(10,11)12/h7-8H,3-6,13H2,1-2H3. The first kappa shape index (κ1) is 13.7. The Labute approximate surface area is 82.6 Å². The SMILES string of the molecule is CC(C)CC(N)CCOCC(F)(F)F. The third kappa shape index (κ3) is 9.80. The van der Waals surface area contributed by atoms with E-state index in [1.807, 2.05) is 13.8 Å². The van der Waals surface area contributed by atoms with Crippen molar-refractivity contribution in [2.24, 2.45) is 11.7 Å². The van der Waals surface area contributed by atoms with Crippen molar-refractivity contribution in [2.45, 2.75) is 38.9 Å². The lowest BCUT2D eigenvalue weighted by atomic mass is 10.0. The summed E-state index contributed by atoms with van der Waals surface area (Å²) in [4.78, 5) is 0. The number of alkyl halides is 3. The lowest BCUT2D eigenvalue weighted by Crippen LogP contribution is -2.25. The number of ether oxygens (including phenoxy) is 1. The van der Waals surface area contributed by atoms with Crippen molar-refractivity contribution in [3.63, 3.8) is 0 Å². The largest absolute Gasteiger partial charge is 0.411 e. The monoisotopic (exact) mass is 213 g/mol. The minimum Gasteiger partial charge on any atom is -0.372 e. The first-order valence-electron chi connectivity index (χ1n) is 4.71. The molecule has 1 unspecified atom stereocenters. The normalized spacial score (nSPS) is 14.8. The third-order valence-corrected chi connectivity index (χ3v) is 1.67. The van der Waals surface area contributed by atoms with E-state index in [1.54, 1.807) is 0 Å². The fourth-order valence-electron chi connectivity index (χ4n) is 1.15. The Morgan fingerprint density at radius 3 is 2.29 bits per heavy atom. The molecular formula is C9H18F3NO. The van der Waals surface area contributed by atoms with E-state index in [4.69, 9.17) is 5.73 Å². The number of hydrogen-bond donors (Lipinski definition) is 1. The topological polar surface area (TPSA) is 35.2 Å². The first-order chi connectivity index (χ1) is 6.31. The molecule has 1 atom stereocenters. The minimum atomic E-state index is -4.23. The van der Waals surface area contributed by atoms with Gasteiger partial charge in [-0.25, -0.2) is 0 Å². The zero-order valence-electron chi connectivity index (χ0n) is 8.60. The Kier molecular flexibility index (Phi) is 6.11. The van der Waals surface area contributed by atoms with Crippen molar-refractivity contribution in [3.05, 3.63) is 0 Å². The van der Waals surface area contributed by atoms with Crippen LogP contribution in [0.15, 0.2) is 0 Å². The van der Waals surface area contributed by atoms with Crippen LogP contribution in [-0.2, 0) is 4.74 Å². The van der Waals surface area contributed by atoms with E-state index in [0.29, 0.717) is 12.3 Å². The quantitative estimate of drug-likeness (QED) is 0.687. The summed E-state index contributed by atoms with van der Waals surface area (Å²) in [6.07, 6.45) is -2.94. The lowest BCUT2D eigenvalue weighted by Gasteiger charge is -2.14. The number of nitrogens with two attached hydrogens (primary N) is 1. The fourth-order valence-corrected chi connectivity index (χ4v) is 1.15. The second-order valence-electron chi connectivity index (χ2n) is 3.85. The summed E-state index contributed by atoms with van der Waals surface area (Å²) in [5, 5.41) is 0. The molecule has 0 heterocycles. The zero-order valence-corrected chi connectivity index (χ0v) is 8.60. The van der Waals surface area contributed by atoms with Gasteiger partial charge in [-0.3, -0.25) is 0 Å².